The zero-order valence-electron chi connectivity index (χ0n) is 38.2. The van der Waals surface area contributed by atoms with Crippen molar-refractivity contribution in [3.05, 3.63) is 199 Å². The van der Waals surface area contributed by atoms with Gasteiger partial charge in [-0.1, -0.05) is 169 Å². The molecule has 0 aliphatic rings. The van der Waals surface area contributed by atoms with Crippen molar-refractivity contribution in [1.82, 2.24) is 0 Å². The van der Waals surface area contributed by atoms with Gasteiger partial charge in [0.05, 0.1) is 22.7 Å². The van der Waals surface area contributed by atoms with E-state index < -0.39 is 0 Å². The first-order valence-electron chi connectivity index (χ1n) is 22.6. The first-order valence-corrected chi connectivity index (χ1v) is 22.6. The van der Waals surface area contributed by atoms with Crippen molar-refractivity contribution < 1.29 is 8.83 Å². The Morgan fingerprint density at radius 1 is 0.477 bits per heavy atom. The third kappa shape index (κ3) is 6.58. The van der Waals surface area contributed by atoms with Crippen LogP contribution in [0, 0.1) is 5.41 Å². The lowest BCUT2D eigenvalue weighted by atomic mass is 9.86. The number of benzene rings is 9. The third-order valence-electron chi connectivity index (χ3n) is 13.3. The van der Waals surface area contributed by atoms with Gasteiger partial charge in [-0.05, 0) is 105 Å². The molecule has 0 saturated heterocycles. The van der Waals surface area contributed by atoms with Crippen molar-refractivity contribution in [2.45, 2.75) is 53.9 Å². The minimum absolute atomic E-state index is 0.0149. The number of para-hydroxylation sites is 4. The minimum Gasteiger partial charge on any atom is -0.454 e. The van der Waals surface area contributed by atoms with E-state index in [0.717, 1.165) is 94.4 Å². The first kappa shape index (κ1) is 40.2. The van der Waals surface area contributed by atoms with Crippen LogP contribution in [0.3, 0.4) is 0 Å². The number of rotatable bonds is 8. The third-order valence-corrected chi connectivity index (χ3v) is 13.3. The maximum atomic E-state index is 6.76. The largest absolute Gasteiger partial charge is 0.454 e. The second-order valence-corrected chi connectivity index (χ2v) is 19.4. The van der Waals surface area contributed by atoms with Crippen LogP contribution in [0.15, 0.2) is 203 Å². The summed E-state index contributed by atoms with van der Waals surface area (Å²) in [5.74, 6) is 0. The molecule has 318 valence electrons. The molecule has 0 bridgehead atoms. The van der Waals surface area contributed by atoms with E-state index in [1.165, 1.54) is 27.1 Å². The van der Waals surface area contributed by atoms with Gasteiger partial charge in [0.1, 0.15) is 11.2 Å². The second kappa shape index (κ2) is 15.0. The van der Waals surface area contributed by atoms with Gasteiger partial charge < -0.3 is 18.6 Å². The van der Waals surface area contributed by atoms with Gasteiger partial charge in [0.15, 0.2) is 11.2 Å². The average molecular weight is 845 g/mol. The number of hydrogen-bond acceptors (Lipinski definition) is 4. The van der Waals surface area contributed by atoms with Crippen molar-refractivity contribution in [3.8, 4) is 0 Å². The number of fused-ring (bicyclic) bond motifs is 6. The fraction of sp³-hybridized carbons (Fsp3) is 0.148. The van der Waals surface area contributed by atoms with Gasteiger partial charge in [0.25, 0.3) is 0 Å². The van der Waals surface area contributed by atoms with Crippen LogP contribution in [0.2, 0.25) is 0 Å². The SMILES string of the molecule is C=C/C(=C\C=C(/C)N(c1ccc2ccc3c(N(c4ccc(C(C)(C)C)cc4)c4cccc5c4oc4ccccc45)ccc4ccc1c2c43)c1cccc2c1oc1ccccc12)C(C)(C)C. The van der Waals surface area contributed by atoms with Crippen LogP contribution in [0.1, 0.15) is 54.0 Å². The minimum atomic E-state index is -0.0642. The van der Waals surface area contributed by atoms with Crippen molar-refractivity contribution in [2.24, 2.45) is 5.41 Å². The molecule has 9 aromatic carbocycles. The summed E-state index contributed by atoms with van der Waals surface area (Å²) in [6, 6.07) is 57.0. The highest BCUT2D eigenvalue weighted by molar-refractivity contribution is 6.28. The van der Waals surface area contributed by atoms with Gasteiger partial charge in [0, 0.05) is 43.7 Å². The number of hydrogen-bond donors (Lipinski definition) is 0. The quantitative estimate of drug-likeness (QED) is 0.113. The van der Waals surface area contributed by atoms with E-state index in [2.05, 4.69) is 223 Å². The van der Waals surface area contributed by atoms with Gasteiger partial charge in [-0.25, -0.2) is 0 Å². The van der Waals surface area contributed by atoms with E-state index >= 15 is 0 Å². The summed E-state index contributed by atoms with van der Waals surface area (Å²) >= 11 is 0. The summed E-state index contributed by atoms with van der Waals surface area (Å²) in [6.07, 6.45) is 6.40. The lowest BCUT2D eigenvalue weighted by molar-refractivity contribution is 0.517. The molecular formula is C61H52N2O2. The lowest BCUT2D eigenvalue weighted by Crippen LogP contribution is -2.15. The summed E-state index contributed by atoms with van der Waals surface area (Å²) in [7, 11) is 0. The molecule has 0 fully saturated rings. The Morgan fingerprint density at radius 3 is 1.55 bits per heavy atom. The van der Waals surface area contributed by atoms with Crippen LogP contribution < -0.4 is 9.80 Å². The van der Waals surface area contributed by atoms with Crippen LogP contribution in [0.25, 0.3) is 76.2 Å². The molecule has 0 aliphatic carbocycles. The number of anilines is 5. The van der Waals surface area contributed by atoms with E-state index in [1.807, 2.05) is 18.2 Å². The van der Waals surface area contributed by atoms with Crippen molar-refractivity contribution >= 4 is 105 Å². The molecule has 2 heterocycles. The summed E-state index contributed by atoms with van der Waals surface area (Å²) in [6.45, 7) is 19.8. The lowest BCUT2D eigenvalue weighted by Gasteiger charge is -2.30. The Morgan fingerprint density at radius 2 is 0.985 bits per heavy atom. The molecule has 65 heavy (non-hydrogen) atoms. The number of allylic oxidation sites excluding steroid dienone is 5. The van der Waals surface area contributed by atoms with Gasteiger partial charge in [-0.3, -0.25) is 0 Å². The molecule has 0 N–H and O–H groups in total. The van der Waals surface area contributed by atoms with E-state index in [0.29, 0.717) is 0 Å². The van der Waals surface area contributed by atoms with Gasteiger partial charge in [-0.2, -0.15) is 0 Å². The highest BCUT2D eigenvalue weighted by Gasteiger charge is 2.26. The van der Waals surface area contributed by atoms with Crippen molar-refractivity contribution in [2.75, 3.05) is 9.80 Å². The molecule has 0 radical (unpaired) electrons. The highest BCUT2D eigenvalue weighted by Crippen LogP contribution is 2.50. The van der Waals surface area contributed by atoms with Gasteiger partial charge in [-0.15, -0.1) is 0 Å². The highest BCUT2D eigenvalue weighted by atomic mass is 16.3. The fourth-order valence-corrected chi connectivity index (χ4v) is 9.91. The van der Waals surface area contributed by atoms with Crippen molar-refractivity contribution in [3.63, 3.8) is 0 Å². The Bertz CT molecular complexity index is 3710. The topological polar surface area (TPSA) is 32.8 Å². The molecule has 4 nitrogen and oxygen atoms in total. The smallest absolute Gasteiger partial charge is 0.159 e. The normalized spacial score (nSPS) is 13.1. The summed E-state index contributed by atoms with van der Waals surface area (Å²) in [5, 5.41) is 11.5. The zero-order valence-corrected chi connectivity index (χ0v) is 38.2. The Labute approximate surface area is 380 Å². The number of nitrogens with zero attached hydrogens (tertiary/aromatic N) is 2. The zero-order chi connectivity index (χ0) is 44.8. The van der Waals surface area contributed by atoms with Crippen LogP contribution in [-0.2, 0) is 5.41 Å². The fourth-order valence-electron chi connectivity index (χ4n) is 9.91. The maximum Gasteiger partial charge on any atom is 0.159 e. The molecular weight excluding hydrogens is 793 g/mol. The van der Waals surface area contributed by atoms with Crippen LogP contribution in [0.4, 0.5) is 28.4 Å². The molecule has 2 aromatic heterocycles. The number of furan rings is 2. The monoisotopic (exact) mass is 844 g/mol. The predicted molar refractivity (Wildman–Crippen MR) is 278 cm³/mol. The Hall–Kier alpha value is -7.56. The predicted octanol–water partition coefficient (Wildman–Crippen LogP) is 18.4. The van der Waals surface area contributed by atoms with E-state index in [1.54, 1.807) is 0 Å². The van der Waals surface area contributed by atoms with Crippen molar-refractivity contribution in [1.29, 1.82) is 0 Å². The Kier molecular flexibility index (Phi) is 9.30. The van der Waals surface area contributed by atoms with E-state index in [9.17, 15) is 0 Å². The van der Waals surface area contributed by atoms with E-state index in [-0.39, 0.29) is 10.8 Å². The second-order valence-electron chi connectivity index (χ2n) is 19.4. The molecule has 0 saturated carbocycles. The maximum absolute atomic E-state index is 6.76. The molecule has 0 atom stereocenters. The molecule has 0 unspecified atom stereocenters. The van der Waals surface area contributed by atoms with Gasteiger partial charge in [0.2, 0.25) is 0 Å². The standard InChI is InChI=1S/C61H52N2O2/c1-9-41(60(3,4)5)29-24-38(2)62(52-20-14-18-46-44-16-10-12-22-54(44)64-58(46)52)50-36-27-39-26-35-49-51(37-28-40-25-34-48(50)56(39)57(40)49)63(43-32-30-42(31-33-43)61(6,7)8)53-21-15-19-47-45-17-11-13-23-55(45)65-59(47)53/h9-37H,1H2,2-8H3/b38-24+,41-29+. The first-order chi connectivity index (χ1) is 31.4. The molecule has 4 heteroatoms. The molecule has 11 rings (SSSR count). The van der Waals surface area contributed by atoms with Crippen LogP contribution in [-0.4, -0.2) is 0 Å². The van der Waals surface area contributed by atoms with Crippen LogP contribution in [0.5, 0.6) is 0 Å². The molecule has 0 aliphatic heterocycles. The van der Waals surface area contributed by atoms with Crippen LogP contribution >= 0.6 is 0 Å². The molecule has 0 amide bonds. The molecule has 11 aromatic rings. The average Bonchev–Trinajstić information content (AvgIpc) is 3.88. The molecule has 0 spiro atoms. The van der Waals surface area contributed by atoms with E-state index in [4.69, 9.17) is 8.83 Å². The summed E-state index contributed by atoms with van der Waals surface area (Å²) in [4.78, 5) is 4.77. The summed E-state index contributed by atoms with van der Waals surface area (Å²) in [5.41, 5.74) is 12.1. The van der Waals surface area contributed by atoms with Gasteiger partial charge >= 0.3 is 0 Å². The summed E-state index contributed by atoms with van der Waals surface area (Å²) < 4.78 is 13.5. The Balaban J connectivity index is 1.18.